The van der Waals surface area contributed by atoms with Gasteiger partial charge < -0.3 is 14.2 Å². The number of rotatable bonds is 5. The van der Waals surface area contributed by atoms with E-state index < -0.39 is 5.97 Å². The van der Waals surface area contributed by atoms with Gasteiger partial charge in [-0.1, -0.05) is 48.5 Å². The van der Waals surface area contributed by atoms with Crippen LogP contribution >= 0.6 is 0 Å². The smallest absolute Gasteiger partial charge is 0.342 e. The van der Waals surface area contributed by atoms with E-state index in [4.69, 9.17) is 14.2 Å². The highest BCUT2D eigenvalue weighted by atomic mass is 16.5. The molecule has 3 aromatic rings. The standard InChI is InChI=1S/C20H18O4/c1-22-18-12-6-9-15(19(18)20(21)23-2)13-24-17-11-5-8-14-7-3-4-10-16(14)17/h3-12H,13H2,1-2H3. The molecule has 0 bridgehead atoms. The van der Waals surface area contributed by atoms with Crippen LogP contribution in [-0.2, 0) is 11.3 Å². The lowest BCUT2D eigenvalue weighted by Crippen LogP contribution is -2.10. The van der Waals surface area contributed by atoms with E-state index in [0.29, 0.717) is 16.9 Å². The molecule has 0 N–H and O–H groups in total. The van der Waals surface area contributed by atoms with Crippen molar-refractivity contribution in [3.63, 3.8) is 0 Å². The van der Waals surface area contributed by atoms with Gasteiger partial charge in [0.05, 0.1) is 14.2 Å². The Bertz CT molecular complexity index is 865. The van der Waals surface area contributed by atoms with Gasteiger partial charge in [-0.2, -0.15) is 0 Å². The fourth-order valence-electron chi connectivity index (χ4n) is 2.68. The lowest BCUT2D eigenvalue weighted by Gasteiger charge is -2.14. The van der Waals surface area contributed by atoms with Gasteiger partial charge >= 0.3 is 5.97 Å². The highest BCUT2D eigenvalue weighted by molar-refractivity contribution is 5.94. The Morgan fingerprint density at radius 2 is 1.58 bits per heavy atom. The number of ether oxygens (including phenoxy) is 3. The molecular weight excluding hydrogens is 304 g/mol. The van der Waals surface area contributed by atoms with Crippen molar-refractivity contribution in [2.45, 2.75) is 6.61 Å². The van der Waals surface area contributed by atoms with Gasteiger partial charge in [-0.25, -0.2) is 4.79 Å². The third-order valence-electron chi connectivity index (χ3n) is 3.85. The molecule has 0 aliphatic rings. The van der Waals surface area contributed by atoms with Crippen LogP contribution < -0.4 is 9.47 Å². The average Bonchev–Trinajstić information content (AvgIpc) is 2.65. The van der Waals surface area contributed by atoms with E-state index in [9.17, 15) is 4.79 Å². The zero-order valence-corrected chi connectivity index (χ0v) is 13.6. The normalized spacial score (nSPS) is 10.4. The van der Waals surface area contributed by atoms with E-state index >= 15 is 0 Å². The second-order valence-electron chi connectivity index (χ2n) is 5.25. The van der Waals surface area contributed by atoms with Crippen LogP contribution in [0.25, 0.3) is 10.8 Å². The van der Waals surface area contributed by atoms with Gasteiger partial charge in [0, 0.05) is 10.9 Å². The summed E-state index contributed by atoms with van der Waals surface area (Å²) >= 11 is 0. The quantitative estimate of drug-likeness (QED) is 0.660. The van der Waals surface area contributed by atoms with Crippen molar-refractivity contribution >= 4 is 16.7 Å². The molecule has 0 amide bonds. The van der Waals surface area contributed by atoms with E-state index in [1.54, 1.807) is 6.07 Å². The number of benzene rings is 3. The van der Waals surface area contributed by atoms with E-state index in [-0.39, 0.29) is 6.61 Å². The predicted octanol–water partition coefficient (Wildman–Crippen LogP) is 4.21. The van der Waals surface area contributed by atoms with Crippen molar-refractivity contribution < 1.29 is 19.0 Å². The SMILES string of the molecule is COC(=O)c1c(COc2cccc3ccccc23)cccc1OC. The van der Waals surface area contributed by atoms with Crippen LogP contribution in [0.1, 0.15) is 15.9 Å². The third kappa shape index (κ3) is 3.04. The summed E-state index contributed by atoms with van der Waals surface area (Å²) in [6.07, 6.45) is 0. The maximum atomic E-state index is 12.1. The summed E-state index contributed by atoms with van der Waals surface area (Å²) in [7, 11) is 2.88. The van der Waals surface area contributed by atoms with Crippen molar-refractivity contribution in [2.75, 3.05) is 14.2 Å². The lowest BCUT2D eigenvalue weighted by atomic mass is 10.1. The lowest BCUT2D eigenvalue weighted by molar-refractivity contribution is 0.0594. The van der Waals surface area contributed by atoms with Crippen molar-refractivity contribution in [1.82, 2.24) is 0 Å². The molecule has 0 aliphatic carbocycles. The average molecular weight is 322 g/mol. The Balaban J connectivity index is 1.93. The van der Waals surface area contributed by atoms with Crippen LogP contribution in [0.4, 0.5) is 0 Å². The number of carbonyl (C=O) groups excluding carboxylic acids is 1. The predicted molar refractivity (Wildman–Crippen MR) is 92.6 cm³/mol. The van der Waals surface area contributed by atoms with Crippen LogP contribution in [0.3, 0.4) is 0 Å². The molecule has 0 spiro atoms. The molecule has 4 nitrogen and oxygen atoms in total. The molecule has 0 radical (unpaired) electrons. The summed E-state index contributed by atoms with van der Waals surface area (Å²) in [4.78, 5) is 12.1. The highest BCUT2D eigenvalue weighted by Gasteiger charge is 2.18. The fourth-order valence-corrected chi connectivity index (χ4v) is 2.68. The van der Waals surface area contributed by atoms with E-state index in [0.717, 1.165) is 16.5 Å². The molecule has 0 fully saturated rings. The number of methoxy groups -OCH3 is 2. The minimum absolute atomic E-state index is 0.246. The van der Waals surface area contributed by atoms with Gasteiger partial charge in [0.1, 0.15) is 23.7 Å². The monoisotopic (exact) mass is 322 g/mol. The summed E-state index contributed by atoms with van der Waals surface area (Å²) in [6, 6.07) is 19.3. The molecular formula is C20H18O4. The van der Waals surface area contributed by atoms with Gasteiger partial charge in [0.25, 0.3) is 0 Å². The van der Waals surface area contributed by atoms with Crippen molar-refractivity contribution in [3.8, 4) is 11.5 Å². The Morgan fingerprint density at radius 1 is 0.875 bits per heavy atom. The first-order valence-electron chi connectivity index (χ1n) is 7.59. The Kier molecular flexibility index (Phi) is 4.66. The Labute approximate surface area is 140 Å². The van der Waals surface area contributed by atoms with E-state index in [1.807, 2.05) is 54.6 Å². The molecule has 0 aromatic heterocycles. The largest absolute Gasteiger partial charge is 0.496 e. The Morgan fingerprint density at radius 3 is 2.38 bits per heavy atom. The van der Waals surface area contributed by atoms with Gasteiger partial charge in [0.2, 0.25) is 0 Å². The molecule has 24 heavy (non-hydrogen) atoms. The van der Waals surface area contributed by atoms with Crippen LogP contribution in [0.5, 0.6) is 11.5 Å². The van der Waals surface area contributed by atoms with Crippen molar-refractivity contribution in [1.29, 1.82) is 0 Å². The molecule has 0 heterocycles. The zero-order chi connectivity index (χ0) is 16.9. The number of hydrogen-bond donors (Lipinski definition) is 0. The molecule has 0 saturated carbocycles. The van der Waals surface area contributed by atoms with Crippen molar-refractivity contribution in [2.24, 2.45) is 0 Å². The minimum atomic E-state index is -0.441. The molecule has 0 atom stereocenters. The number of carbonyl (C=O) groups is 1. The second kappa shape index (κ2) is 7.04. The van der Waals surface area contributed by atoms with Crippen LogP contribution in [0, 0.1) is 0 Å². The molecule has 122 valence electrons. The second-order valence-corrected chi connectivity index (χ2v) is 5.25. The topological polar surface area (TPSA) is 44.8 Å². The van der Waals surface area contributed by atoms with Gasteiger partial charge in [-0.05, 0) is 17.5 Å². The Hall–Kier alpha value is -3.01. The number of hydrogen-bond acceptors (Lipinski definition) is 4. The van der Waals surface area contributed by atoms with Crippen LogP contribution in [-0.4, -0.2) is 20.2 Å². The highest BCUT2D eigenvalue weighted by Crippen LogP contribution is 2.28. The van der Waals surface area contributed by atoms with Crippen LogP contribution in [0.15, 0.2) is 60.7 Å². The van der Waals surface area contributed by atoms with E-state index in [1.165, 1.54) is 14.2 Å². The summed E-state index contributed by atoms with van der Waals surface area (Å²) in [6.45, 7) is 0.246. The molecule has 3 rings (SSSR count). The zero-order valence-electron chi connectivity index (χ0n) is 13.6. The molecule has 0 aliphatic heterocycles. The van der Waals surface area contributed by atoms with Crippen LogP contribution in [0.2, 0.25) is 0 Å². The van der Waals surface area contributed by atoms with Gasteiger partial charge in [-0.15, -0.1) is 0 Å². The first kappa shape index (κ1) is 15.9. The maximum Gasteiger partial charge on any atom is 0.342 e. The molecule has 3 aromatic carbocycles. The first-order chi connectivity index (χ1) is 11.7. The molecule has 0 unspecified atom stereocenters. The fraction of sp³-hybridized carbons (Fsp3) is 0.150. The number of fused-ring (bicyclic) bond motifs is 1. The first-order valence-corrected chi connectivity index (χ1v) is 7.59. The summed E-state index contributed by atoms with van der Waals surface area (Å²) < 4.78 is 16.1. The minimum Gasteiger partial charge on any atom is -0.496 e. The molecule has 0 saturated heterocycles. The number of esters is 1. The summed E-state index contributed by atoms with van der Waals surface area (Å²) in [5.41, 5.74) is 1.11. The van der Waals surface area contributed by atoms with Gasteiger partial charge in [0.15, 0.2) is 0 Å². The van der Waals surface area contributed by atoms with E-state index in [2.05, 4.69) is 0 Å². The van der Waals surface area contributed by atoms with Gasteiger partial charge in [-0.3, -0.25) is 0 Å². The summed E-state index contributed by atoms with van der Waals surface area (Å²) in [5.74, 6) is 0.802. The summed E-state index contributed by atoms with van der Waals surface area (Å²) in [5, 5.41) is 2.14. The molecule has 4 heteroatoms. The third-order valence-corrected chi connectivity index (χ3v) is 3.85. The van der Waals surface area contributed by atoms with Crippen molar-refractivity contribution in [3.05, 3.63) is 71.8 Å². The maximum absolute atomic E-state index is 12.1.